The van der Waals surface area contributed by atoms with Gasteiger partial charge in [0, 0.05) is 10.6 Å². The summed E-state index contributed by atoms with van der Waals surface area (Å²) in [5.74, 6) is 0. The number of benzene rings is 1. The molecule has 1 aromatic rings. The highest BCUT2D eigenvalue weighted by Crippen LogP contribution is 2.10. The van der Waals surface area contributed by atoms with Crippen molar-refractivity contribution in [1.82, 2.24) is 0 Å². The van der Waals surface area contributed by atoms with E-state index >= 15 is 0 Å². The second-order valence-electron chi connectivity index (χ2n) is 4.11. The predicted octanol–water partition coefficient (Wildman–Crippen LogP) is 2.59. The Hall–Kier alpha value is -0.570. The molecular weight excluding hydrogens is 198 g/mol. The molecule has 0 spiro atoms. The molecule has 0 heterocycles. The van der Waals surface area contributed by atoms with Crippen molar-refractivity contribution in [2.24, 2.45) is 5.73 Å². The molecule has 0 radical (unpaired) electrons. The van der Waals surface area contributed by atoms with Gasteiger partial charge in [-0.2, -0.15) is 0 Å². The Morgan fingerprint density at radius 1 is 1.29 bits per heavy atom. The van der Waals surface area contributed by atoms with E-state index in [1.54, 1.807) is 0 Å². The van der Waals surface area contributed by atoms with Gasteiger partial charge in [-0.05, 0) is 31.5 Å². The first-order chi connectivity index (χ1) is 6.47. The lowest BCUT2D eigenvalue weighted by Gasteiger charge is -2.18. The molecule has 0 unspecified atom stereocenters. The van der Waals surface area contributed by atoms with Crippen molar-refractivity contribution in [2.45, 2.75) is 26.0 Å². The summed E-state index contributed by atoms with van der Waals surface area (Å²) in [5.41, 5.74) is 6.62. The maximum atomic E-state index is 5.78. The number of rotatable bonds is 4. The summed E-state index contributed by atoms with van der Waals surface area (Å²) < 4.78 is 5.46. The number of halogens is 1. The zero-order valence-corrected chi connectivity index (χ0v) is 9.34. The number of nitrogens with two attached hydrogens (primary N) is 1. The molecule has 0 bridgehead atoms. The first-order valence-electron chi connectivity index (χ1n) is 4.58. The largest absolute Gasteiger partial charge is 0.375 e. The molecule has 2 N–H and O–H groups in total. The summed E-state index contributed by atoms with van der Waals surface area (Å²) in [6.07, 6.45) is 0. The Labute approximate surface area is 90.0 Å². The van der Waals surface area contributed by atoms with Crippen LogP contribution in [0, 0.1) is 0 Å². The lowest BCUT2D eigenvalue weighted by Crippen LogP contribution is -2.37. The Kier molecular flexibility index (Phi) is 3.93. The van der Waals surface area contributed by atoms with Gasteiger partial charge in [0.15, 0.2) is 0 Å². The topological polar surface area (TPSA) is 35.2 Å². The lowest BCUT2D eigenvalue weighted by molar-refractivity contribution is 0.0851. The van der Waals surface area contributed by atoms with E-state index in [4.69, 9.17) is 22.1 Å². The fourth-order valence-electron chi connectivity index (χ4n) is 1.01. The molecule has 0 amide bonds. The highest BCUT2D eigenvalue weighted by Gasteiger charge is 2.09. The van der Waals surface area contributed by atoms with Crippen molar-refractivity contribution in [1.29, 1.82) is 0 Å². The first-order valence-corrected chi connectivity index (χ1v) is 4.96. The van der Waals surface area contributed by atoms with Gasteiger partial charge in [-0.1, -0.05) is 23.7 Å². The fraction of sp³-hybridized carbons (Fsp3) is 0.455. The van der Waals surface area contributed by atoms with Crippen LogP contribution in [0.1, 0.15) is 19.4 Å². The summed E-state index contributed by atoms with van der Waals surface area (Å²) in [5, 5.41) is 0.743. The van der Waals surface area contributed by atoms with Gasteiger partial charge in [0.25, 0.3) is 0 Å². The van der Waals surface area contributed by atoms with Gasteiger partial charge >= 0.3 is 0 Å². The zero-order valence-electron chi connectivity index (χ0n) is 8.59. The Morgan fingerprint density at radius 3 is 2.36 bits per heavy atom. The molecule has 0 aliphatic rings. The van der Waals surface area contributed by atoms with Gasteiger partial charge in [0.2, 0.25) is 0 Å². The van der Waals surface area contributed by atoms with Crippen LogP contribution in [0.5, 0.6) is 0 Å². The highest BCUT2D eigenvalue weighted by atomic mass is 35.5. The number of hydrogen-bond acceptors (Lipinski definition) is 2. The monoisotopic (exact) mass is 213 g/mol. The quantitative estimate of drug-likeness (QED) is 0.835. The van der Waals surface area contributed by atoms with Crippen LogP contribution in [0.15, 0.2) is 24.3 Å². The maximum absolute atomic E-state index is 5.78. The predicted molar refractivity (Wildman–Crippen MR) is 59.4 cm³/mol. The molecule has 3 heteroatoms. The molecule has 2 nitrogen and oxygen atoms in total. The fourth-order valence-corrected chi connectivity index (χ4v) is 1.14. The van der Waals surface area contributed by atoms with Gasteiger partial charge in [0.05, 0.1) is 13.2 Å². The SMILES string of the molecule is CC(C)(N)COCc1ccc(Cl)cc1. The Morgan fingerprint density at radius 2 is 1.86 bits per heavy atom. The minimum absolute atomic E-state index is 0.271. The molecule has 14 heavy (non-hydrogen) atoms. The van der Waals surface area contributed by atoms with Crippen LogP contribution in [0.3, 0.4) is 0 Å². The van der Waals surface area contributed by atoms with Gasteiger partial charge in [0.1, 0.15) is 0 Å². The Bertz CT molecular complexity index is 276. The second-order valence-corrected chi connectivity index (χ2v) is 4.54. The van der Waals surface area contributed by atoms with Crippen LogP contribution in [0.25, 0.3) is 0 Å². The van der Waals surface area contributed by atoms with Crippen LogP contribution in [0.4, 0.5) is 0 Å². The normalized spacial score (nSPS) is 11.7. The van der Waals surface area contributed by atoms with Crippen LogP contribution in [0.2, 0.25) is 5.02 Å². The van der Waals surface area contributed by atoms with E-state index in [0.29, 0.717) is 13.2 Å². The molecule has 78 valence electrons. The minimum Gasteiger partial charge on any atom is -0.375 e. The molecule has 0 fully saturated rings. The van der Waals surface area contributed by atoms with E-state index in [0.717, 1.165) is 10.6 Å². The summed E-state index contributed by atoms with van der Waals surface area (Å²) >= 11 is 5.76. The third kappa shape index (κ3) is 4.61. The molecular formula is C11H16ClNO. The van der Waals surface area contributed by atoms with Crippen molar-refractivity contribution in [3.63, 3.8) is 0 Å². The van der Waals surface area contributed by atoms with E-state index in [-0.39, 0.29) is 5.54 Å². The number of hydrogen-bond donors (Lipinski definition) is 1. The third-order valence-electron chi connectivity index (χ3n) is 1.66. The molecule has 0 saturated carbocycles. The van der Waals surface area contributed by atoms with Gasteiger partial charge < -0.3 is 10.5 Å². The average Bonchev–Trinajstić information content (AvgIpc) is 2.06. The summed E-state index contributed by atoms with van der Waals surface area (Å²) in [6.45, 7) is 5.01. The molecule has 0 aliphatic heterocycles. The smallest absolute Gasteiger partial charge is 0.0717 e. The van der Waals surface area contributed by atoms with E-state index in [1.807, 2.05) is 38.1 Å². The van der Waals surface area contributed by atoms with Gasteiger partial charge in [-0.25, -0.2) is 0 Å². The van der Waals surface area contributed by atoms with Crippen LogP contribution >= 0.6 is 11.6 Å². The molecule has 0 aromatic heterocycles. The van der Waals surface area contributed by atoms with Crippen molar-refractivity contribution in [3.8, 4) is 0 Å². The zero-order chi connectivity index (χ0) is 10.6. The van der Waals surface area contributed by atoms with Gasteiger partial charge in [-0.15, -0.1) is 0 Å². The van der Waals surface area contributed by atoms with Crippen molar-refractivity contribution in [3.05, 3.63) is 34.9 Å². The number of ether oxygens (including phenoxy) is 1. The van der Waals surface area contributed by atoms with Crippen LogP contribution < -0.4 is 5.73 Å². The van der Waals surface area contributed by atoms with Crippen molar-refractivity contribution >= 4 is 11.6 Å². The van der Waals surface area contributed by atoms with Crippen LogP contribution in [-0.2, 0) is 11.3 Å². The molecule has 0 saturated heterocycles. The summed E-state index contributed by atoms with van der Waals surface area (Å²) in [7, 11) is 0. The molecule has 0 aliphatic carbocycles. The first kappa shape index (κ1) is 11.5. The molecule has 1 rings (SSSR count). The lowest BCUT2D eigenvalue weighted by atomic mass is 10.1. The van der Waals surface area contributed by atoms with E-state index in [2.05, 4.69) is 0 Å². The van der Waals surface area contributed by atoms with Crippen molar-refractivity contribution < 1.29 is 4.74 Å². The highest BCUT2D eigenvalue weighted by molar-refractivity contribution is 6.30. The average molecular weight is 214 g/mol. The van der Waals surface area contributed by atoms with E-state index in [9.17, 15) is 0 Å². The minimum atomic E-state index is -0.271. The Balaban J connectivity index is 2.35. The summed E-state index contributed by atoms with van der Waals surface area (Å²) in [6, 6.07) is 7.61. The standard InChI is InChI=1S/C11H16ClNO/c1-11(2,13)8-14-7-9-3-5-10(12)6-4-9/h3-6H,7-8,13H2,1-2H3. The van der Waals surface area contributed by atoms with E-state index < -0.39 is 0 Å². The van der Waals surface area contributed by atoms with E-state index in [1.165, 1.54) is 0 Å². The van der Waals surface area contributed by atoms with Crippen LogP contribution in [-0.4, -0.2) is 12.1 Å². The van der Waals surface area contributed by atoms with Gasteiger partial charge in [-0.3, -0.25) is 0 Å². The van der Waals surface area contributed by atoms with Crippen molar-refractivity contribution in [2.75, 3.05) is 6.61 Å². The maximum Gasteiger partial charge on any atom is 0.0717 e. The molecule has 0 atom stereocenters. The molecule has 1 aromatic carbocycles. The summed E-state index contributed by atoms with van der Waals surface area (Å²) in [4.78, 5) is 0. The second kappa shape index (κ2) is 4.78. The third-order valence-corrected chi connectivity index (χ3v) is 1.91.